The number of anilines is 1. The second kappa shape index (κ2) is 8.87. The van der Waals surface area contributed by atoms with Crippen molar-refractivity contribution >= 4 is 38.9 Å². The first-order valence-electron chi connectivity index (χ1n) is 11.1. The van der Waals surface area contributed by atoms with E-state index in [0.717, 1.165) is 62.9 Å². The Morgan fingerprint density at radius 3 is 2.68 bits per heavy atom. The van der Waals surface area contributed by atoms with Gasteiger partial charge in [0.1, 0.15) is 10.7 Å². The van der Waals surface area contributed by atoms with E-state index in [-0.39, 0.29) is 18.4 Å². The van der Waals surface area contributed by atoms with Crippen LogP contribution in [0.3, 0.4) is 0 Å². The van der Waals surface area contributed by atoms with Crippen LogP contribution in [0.2, 0.25) is 0 Å². The molecule has 1 aliphatic carbocycles. The molecule has 5 rings (SSSR count). The molecule has 1 aliphatic rings. The van der Waals surface area contributed by atoms with Gasteiger partial charge in [-0.25, -0.2) is 0 Å². The molecule has 172 valence electrons. The number of nitrogens with zero attached hydrogens (tertiary/aromatic N) is 2. The summed E-state index contributed by atoms with van der Waals surface area (Å²) >= 11 is 1.42. The van der Waals surface area contributed by atoms with Crippen LogP contribution in [0.15, 0.2) is 42.5 Å². The number of carbonyl (C=O) groups excluding carboxylic acids is 2. The topological polar surface area (TPSA) is 107 Å². The van der Waals surface area contributed by atoms with Crippen molar-refractivity contribution in [1.29, 1.82) is 0 Å². The lowest BCUT2D eigenvalue weighted by atomic mass is 9.99. The highest BCUT2D eigenvalue weighted by Crippen LogP contribution is 2.39. The molecule has 0 atom stereocenters. The minimum absolute atomic E-state index is 0.262. The summed E-state index contributed by atoms with van der Waals surface area (Å²) < 4.78 is 5.78. The van der Waals surface area contributed by atoms with Crippen LogP contribution >= 0.6 is 11.3 Å². The van der Waals surface area contributed by atoms with Gasteiger partial charge in [-0.1, -0.05) is 35.9 Å². The summed E-state index contributed by atoms with van der Waals surface area (Å²) in [6.07, 6.45) is 2.72. The van der Waals surface area contributed by atoms with Crippen LogP contribution in [0.4, 0.5) is 5.00 Å². The van der Waals surface area contributed by atoms with Crippen molar-refractivity contribution in [3.05, 3.63) is 69.6 Å². The van der Waals surface area contributed by atoms with E-state index in [0.29, 0.717) is 10.6 Å². The van der Waals surface area contributed by atoms with Crippen LogP contribution in [-0.2, 0) is 17.6 Å². The summed E-state index contributed by atoms with van der Waals surface area (Å²) in [5.74, 6) is -0.620. The lowest BCUT2D eigenvalue weighted by Crippen LogP contribution is -2.22. The van der Waals surface area contributed by atoms with Gasteiger partial charge in [0.05, 0.1) is 5.56 Å². The Labute approximate surface area is 201 Å². The lowest BCUT2D eigenvalue weighted by molar-refractivity contribution is -0.118. The normalized spacial score (nSPS) is 12.5. The molecule has 2 aromatic heterocycles. The summed E-state index contributed by atoms with van der Waals surface area (Å²) in [5.41, 5.74) is 11.0. The molecule has 0 saturated heterocycles. The Hall–Kier alpha value is -3.78. The van der Waals surface area contributed by atoms with Crippen LogP contribution in [0.5, 0.6) is 5.88 Å². The average molecular weight is 473 g/mol. The van der Waals surface area contributed by atoms with Crippen molar-refractivity contribution in [2.24, 2.45) is 5.73 Å². The standard InChI is InChI=1S/C26H24N4O3S/c1-14-10-11-15(2)19(12-14)23-16-6-3-4-7-17(16)25(30-29-23)33-13-21(31)28-26-22(24(27)32)18-8-5-9-20(18)34-26/h3-4,6-7,10-12H,5,8-9,13H2,1-2H3,(H2,27,32)(H,28,31). The molecule has 3 N–H and O–H groups in total. The number of hydrogen-bond donors (Lipinski definition) is 2. The zero-order chi connectivity index (χ0) is 23.8. The first kappa shape index (κ1) is 22.0. The number of aryl methyl sites for hydroxylation is 3. The number of amides is 2. The maximum absolute atomic E-state index is 12.7. The van der Waals surface area contributed by atoms with Gasteiger partial charge in [-0.05, 0) is 56.4 Å². The fourth-order valence-electron chi connectivity index (χ4n) is 4.43. The van der Waals surface area contributed by atoms with Gasteiger partial charge in [0.2, 0.25) is 5.88 Å². The molecule has 2 aromatic carbocycles. The fraction of sp³-hybridized carbons (Fsp3) is 0.231. The van der Waals surface area contributed by atoms with E-state index in [1.54, 1.807) is 0 Å². The summed E-state index contributed by atoms with van der Waals surface area (Å²) in [6.45, 7) is 3.82. The van der Waals surface area contributed by atoms with Crippen LogP contribution in [0.25, 0.3) is 22.0 Å². The van der Waals surface area contributed by atoms with Gasteiger partial charge in [0, 0.05) is 21.2 Å². The number of nitrogens with two attached hydrogens (primary N) is 1. The van der Waals surface area contributed by atoms with Crippen molar-refractivity contribution in [2.75, 3.05) is 11.9 Å². The molecule has 0 saturated carbocycles. The monoisotopic (exact) mass is 472 g/mol. The average Bonchev–Trinajstić information content (AvgIpc) is 3.39. The third kappa shape index (κ3) is 4.01. The zero-order valence-corrected chi connectivity index (χ0v) is 19.8. The van der Waals surface area contributed by atoms with E-state index in [2.05, 4.69) is 33.7 Å². The highest BCUT2D eigenvalue weighted by molar-refractivity contribution is 7.17. The van der Waals surface area contributed by atoms with Crippen LogP contribution in [-0.4, -0.2) is 28.6 Å². The number of benzene rings is 2. The minimum Gasteiger partial charge on any atom is -0.466 e. The zero-order valence-electron chi connectivity index (χ0n) is 19.0. The highest BCUT2D eigenvalue weighted by Gasteiger charge is 2.26. The van der Waals surface area contributed by atoms with E-state index < -0.39 is 5.91 Å². The summed E-state index contributed by atoms with van der Waals surface area (Å²) in [7, 11) is 0. The van der Waals surface area contributed by atoms with E-state index in [1.165, 1.54) is 11.3 Å². The quantitative estimate of drug-likeness (QED) is 0.427. The number of fused-ring (bicyclic) bond motifs is 2. The Morgan fingerprint density at radius 1 is 1.09 bits per heavy atom. The molecule has 2 heterocycles. The Morgan fingerprint density at radius 2 is 1.88 bits per heavy atom. The molecular weight excluding hydrogens is 448 g/mol. The summed E-state index contributed by atoms with van der Waals surface area (Å²) in [6, 6.07) is 13.9. The van der Waals surface area contributed by atoms with Crippen molar-refractivity contribution in [2.45, 2.75) is 33.1 Å². The third-order valence-electron chi connectivity index (χ3n) is 6.06. The predicted molar refractivity (Wildman–Crippen MR) is 133 cm³/mol. The molecular formula is C26H24N4O3S. The van der Waals surface area contributed by atoms with Gasteiger partial charge in [0.15, 0.2) is 6.61 Å². The Bertz CT molecular complexity index is 1440. The Balaban J connectivity index is 1.39. The van der Waals surface area contributed by atoms with E-state index in [4.69, 9.17) is 10.5 Å². The summed E-state index contributed by atoms with van der Waals surface area (Å²) in [5, 5.41) is 13.7. The first-order chi connectivity index (χ1) is 16.4. The Kier molecular flexibility index (Phi) is 5.75. The number of hydrogen-bond acceptors (Lipinski definition) is 6. The number of nitrogens with one attached hydrogen (secondary N) is 1. The van der Waals surface area contributed by atoms with Gasteiger partial charge in [-0.15, -0.1) is 21.5 Å². The molecule has 7 nitrogen and oxygen atoms in total. The number of primary amides is 1. The van der Waals surface area contributed by atoms with E-state index in [1.807, 2.05) is 38.1 Å². The van der Waals surface area contributed by atoms with Gasteiger partial charge in [-0.3, -0.25) is 9.59 Å². The number of thiophene rings is 1. The summed E-state index contributed by atoms with van der Waals surface area (Å²) in [4.78, 5) is 25.8. The fourth-order valence-corrected chi connectivity index (χ4v) is 5.74. The molecule has 0 bridgehead atoms. The maximum atomic E-state index is 12.7. The van der Waals surface area contributed by atoms with Crippen LogP contribution < -0.4 is 15.8 Å². The molecule has 0 spiro atoms. The molecule has 0 aliphatic heterocycles. The van der Waals surface area contributed by atoms with Crippen molar-refractivity contribution in [3.8, 4) is 17.1 Å². The number of carbonyl (C=O) groups is 2. The van der Waals surface area contributed by atoms with E-state index in [9.17, 15) is 9.59 Å². The van der Waals surface area contributed by atoms with E-state index >= 15 is 0 Å². The molecule has 34 heavy (non-hydrogen) atoms. The SMILES string of the molecule is Cc1ccc(C)c(-c2nnc(OCC(=O)Nc3sc4c(c3C(N)=O)CCC4)c3ccccc23)c1. The number of ether oxygens (including phenoxy) is 1. The molecule has 8 heteroatoms. The molecule has 0 radical (unpaired) electrons. The predicted octanol–water partition coefficient (Wildman–Crippen LogP) is 4.58. The number of aromatic nitrogens is 2. The molecule has 0 fully saturated rings. The third-order valence-corrected chi connectivity index (χ3v) is 7.27. The smallest absolute Gasteiger partial charge is 0.262 e. The van der Waals surface area contributed by atoms with Crippen molar-refractivity contribution in [3.63, 3.8) is 0 Å². The molecule has 4 aromatic rings. The van der Waals surface area contributed by atoms with Gasteiger partial charge < -0.3 is 15.8 Å². The first-order valence-corrected chi connectivity index (χ1v) is 11.9. The van der Waals surface area contributed by atoms with Crippen LogP contribution in [0, 0.1) is 13.8 Å². The van der Waals surface area contributed by atoms with Gasteiger partial charge in [0.25, 0.3) is 11.8 Å². The lowest BCUT2D eigenvalue weighted by Gasteiger charge is -2.12. The van der Waals surface area contributed by atoms with Gasteiger partial charge >= 0.3 is 0 Å². The van der Waals surface area contributed by atoms with Gasteiger partial charge in [-0.2, -0.15) is 0 Å². The number of rotatable bonds is 6. The minimum atomic E-state index is -0.519. The largest absolute Gasteiger partial charge is 0.466 e. The second-order valence-electron chi connectivity index (χ2n) is 8.48. The molecule has 0 unspecified atom stereocenters. The second-order valence-corrected chi connectivity index (χ2v) is 9.59. The van der Waals surface area contributed by atoms with Crippen molar-refractivity contribution in [1.82, 2.24) is 10.2 Å². The highest BCUT2D eigenvalue weighted by atomic mass is 32.1. The maximum Gasteiger partial charge on any atom is 0.262 e. The van der Waals surface area contributed by atoms with Crippen LogP contribution in [0.1, 0.15) is 38.3 Å². The van der Waals surface area contributed by atoms with Crippen molar-refractivity contribution < 1.29 is 14.3 Å². The molecule has 2 amide bonds.